The van der Waals surface area contributed by atoms with Gasteiger partial charge in [-0.3, -0.25) is 10.1 Å². The Morgan fingerprint density at radius 3 is 2.44 bits per heavy atom. The van der Waals surface area contributed by atoms with Crippen LogP contribution in [0.5, 0.6) is 5.75 Å². The van der Waals surface area contributed by atoms with Crippen molar-refractivity contribution in [3.63, 3.8) is 0 Å². The summed E-state index contributed by atoms with van der Waals surface area (Å²) < 4.78 is 1.67. The molecule has 3 rings (SSSR count). The van der Waals surface area contributed by atoms with Crippen LogP contribution in [0.1, 0.15) is 30.7 Å². The minimum absolute atomic E-state index is 0.107. The summed E-state index contributed by atoms with van der Waals surface area (Å²) in [6.45, 7) is 3.90. The maximum Gasteiger partial charge on any atom is 0.171 e. The maximum absolute atomic E-state index is 10.7. The fourth-order valence-corrected chi connectivity index (χ4v) is 3.00. The first-order chi connectivity index (χ1) is 13.0. The summed E-state index contributed by atoms with van der Waals surface area (Å²) in [5, 5.41) is 19.4. The Hall–Kier alpha value is -2.99. The van der Waals surface area contributed by atoms with E-state index in [-0.39, 0.29) is 5.75 Å². The van der Waals surface area contributed by atoms with Crippen LogP contribution in [0.2, 0.25) is 0 Å². The lowest BCUT2D eigenvalue weighted by Gasteiger charge is -2.05. The van der Waals surface area contributed by atoms with Gasteiger partial charge in [-0.2, -0.15) is 10.2 Å². The molecule has 0 atom stereocenters. The topological polar surface area (TPSA) is 62.4 Å². The number of aryl methyl sites for hydroxylation is 2. The molecule has 1 aromatic heterocycles. The quantitative estimate of drug-likeness (QED) is 0.399. The molecular weight excluding hydrogens is 356 g/mol. The van der Waals surface area contributed by atoms with Gasteiger partial charge in [-0.15, -0.1) is 0 Å². The molecule has 3 aromatic rings. The van der Waals surface area contributed by atoms with Gasteiger partial charge in [-0.1, -0.05) is 73.7 Å². The number of nitrogens with zero attached hydrogens (tertiary/aromatic N) is 3. The molecule has 0 unspecified atom stereocenters. The van der Waals surface area contributed by atoms with Gasteiger partial charge in [-0.05, 0) is 18.9 Å². The Bertz CT molecular complexity index is 975. The molecule has 2 N–H and O–H groups in total. The third kappa shape index (κ3) is 4.06. The first-order valence-electron chi connectivity index (χ1n) is 8.76. The van der Waals surface area contributed by atoms with E-state index in [4.69, 9.17) is 12.2 Å². The normalized spacial score (nSPS) is 11.4. The molecule has 2 aromatic carbocycles. The van der Waals surface area contributed by atoms with Crippen molar-refractivity contribution in [1.82, 2.24) is 15.2 Å². The third-order valence-corrected chi connectivity index (χ3v) is 4.69. The van der Waals surface area contributed by atoms with E-state index in [2.05, 4.69) is 34.7 Å². The minimum atomic E-state index is 0.107. The Morgan fingerprint density at radius 1 is 1.15 bits per heavy atom. The van der Waals surface area contributed by atoms with Crippen molar-refractivity contribution in [3.05, 3.63) is 71.4 Å². The van der Waals surface area contributed by atoms with E-state index in [1.54, 1.807) is 11.6 Å². The number of rotatable bonds is 5. The van der Waals surface area contributed by atoms with Crippen LogP contribution in [0.25, 0.3) is 11.3 Å². The highest BCUT2D eigenvalue weighted by molar-refractivity contribution is 7.80. The summed E-state index contributed by atoms with van der Waals surface area (Å²) in [6, 6.07) is 17.7. The summed E-state index contributed by atoms with van der Waals surface area (Å²) in [7, 11) is 1.81. The van der Waals surface area contributed by atoms with Crippen LogP contribution in [-0.2, 0) is 13.5 Å². The Labute approximate surface area is 164 Å². The van der Waals surface area contributed by atoms with Crippen molar-refractivity contribution in [2.75, 3.05) is 0 Å². The molecule has 0 radical (unpaired) electrons. The first-order valence-corrected chi connectivity index (χ1v) is 9.17. The van der Waals surface area contributed by atoms with E-state index >= 15 is 0 Å². The number of nitrogens with one attached hydrogen (secondary N) is 1. The summed E-state index contributed by atoms with van der Waals surface area (Å²) in [6.07, 6.45) is 0.974. The second kappa shape index (κ2) is 8.14. The van der Waals surface area contributed by atoms with E-state index in [0.29, 0.717) is 22.1 Å². The highest BCUT2D eigenvalue weighted by atomic mass is 32.1. The zero-order valence-corrected chi connectivity index (χ0v) is 16.4. The van der Waals surface area contributed by atoms with Crippen LogP contribution in [0.15, 0.2) is 59.7 Å². The SMILES string of the molecule is CCc1ccc(-c2c(O)c(/C(C)=N/NC(=S)c3ccccc3)nn2C)cc1. The lowest BCUT2D eigenvalue weighted by molar-refractivity contribution is 0.475. The van der Waals surface area contributed by atoms with E-state index in [1.165, 1.54) is 5.56 Å². The fraction of sp³-hybridized carbons (Fsp3) is 0.190. The van der Waals surface area contributed by atoms with Crippen LogP contribution in [0, 0.1) is 0 Å². The number of aromatic nitrogens is 2. The van der Waals surface area contributed by atoms with Crippen molar-refractivity contribution in [1.29, 1.82) is 0 Å². The maximum atomic E-state index is 10.7. The fourth-order valence-electron chi connectivity index (χ4n) is 2.82. The van der Waals surface area contributed by atoms with Gasteiger partial charge in [0.15, 0.2) is 11.4 Å². The zero-order chi connectivity index (χ0) is 19.4. The summed E-state index contributed by atoms with van der Waals surface area (Å²) in [5.41, 5.74) is 7.54. The molecule has 0 aliphatic carbocycles. The van der Waals surface area contributed by atoms with Gasteiger partial charge >= 0.3 is 0 Å². The summed E-state index contributed by atoms with van der Waals surface area (Å²) in [5.74, 6) is 0.107. The van der Waals surface area contributed by atoms with Crippen LogP contribution in [0.4, 0.5) is 0 Å². The lowest BCUT2D eigenvalue weighted by atomic mass is 10.1. The van der Waals surface area contributed by atoms with E-state index < -0.39 is 0 Å². The van der Waals surface area contributed by atoms with Crippen molar-refractivity contribution >= 4 is 22.9 Å². The average molecular weight is 379 g/mol. The highest BCUT2D eigenvalue weighted by Gasteiger charge is 2.19. The van der Waals surface area contributed by atoms with Gasteiger partial charge < -0.3 is 5.11 Å². The Morgan fingerprint density at radius 2 is 1.81 bits per heavy atom. The second-order valence-electron chi connectivity index (χ2n) is 6.22. The summed E-state index contributed by atoms with van der Waals surface area (Å²) >= 11 is 5.35. The van der Waals surface area contributed by atoms with Crippen molar-refractivity contribution < 1.29 is 5.11 Å². The molecule has 138 valence electrons. The molecule has 0 bridgehead atoms. The number of hydrogen-bond donors (Lipinski definition) is 2. The molecule has 27 heavy (non-hydrogen) atoms. The predicted octanol–water partition coefficient (Wildman–Crippen LogP) is 4.04. The van der Waals surface area contributed by atoms with E-state index in [1.807, 2.05) is 49.5 Å². The predicted molar refractivity (Wildman–Crippen MR) is 113 cm³/mol. The molecular formula is C21H22N4OS. The monoisotopic (exact) mass is 378 g/mol. The third-order valence-electron chi connectivity index (χ3n) is 4.36. The molecule has 1 heterocycles. The smallest absolute Gasteiger partial charge is 0.171 e. The van der Waals surface area contributed by atoms with E-state index in [0.717, 1.165) is 17.5 Å². The van der Waals surface area contributed by atoms with Crippen LogP contribution in [0.3, 0.4) is 0 Å². The molecule has 0 saturated heterocycles. The van der Waals surface area contributed by atoms with Gasteiger partial charge in [0.2, 0.25) is 0 Å². The van der Waals surface area contributed by atoms with Gasteiger partial charge in [0.25, 0.3) is 0 Å². The molecule has 0 aliphatic rings. The van der Waals surface area contributed by atoms with Crippen molar-refractivity contribution in [2.24, 2.45) is 12.1 Å². The molecule has 0 amide bonds. The molecule has 0 aliphatic heterocycles. The molecule has 0 spiro atoms. The van der Waals surface area contributed by atoms with Gasteiger partial charge in [-0.25, -0.2) is 0 Å². The minimum Gasteiger partial charge on any atom is -0.504 e. The largest absolute Gasteiger partial charge is 0.504 e. The van der Waals surface area contributed by atoms with Gasteiger partial charge in [0.1, 0.15) is 10.7 Å². The highest BCUT2D eigenvalue weighted by Crippen LogP contribution is 2.32. The van der Waals surface area contributed by atoms with Crippen LogP contribution in [-0.4, -0.2) is 25.6 Å². The Kier molecular flexibility index (Phi) is 5.66. The van der Waals surface area contributed by atoms with Crippen LogP contribution < -0.4 is 5.43 Å². The van der Waals surface area contributed by atoms with Crippen LogP contribution >= 0.6 is 12.2 Å². The molecule has 0 saturated carbocycles. The first kappa shape index (κ1) is 18.8. The summed E-state index contributed by atoms with van der Waals surface area (Å²) in [4.78, 5) is 0.515. The standard InChI is InChI=1S/C21H22N4OS/c1-4-15-10-12-16(13-11-15)19-20(26)18(24-25(19)3)14(2)22-23-21(27)17-8-6-5-7-9-17/h5-13,26H,4H2,1-3H3,(H,23,27)/b22-14+. The lowest BCUT2D eigenvalue weighted by Crippen LogP contribution is -2.18. The zero-order valence-electron chi connectivity index (χ0n) is 15.6. The number of benzene rings is 2. The number of aromatic hydroxyl groups is 1. The second-order valence-corrected chi connectivity index (χ2v) is 6.63. The van der Waals surface area contributed by atoms with Crippen molar-refractivity contribution in [3.8, 4) is 17.0 Å². The number of thiocarbonyl (C=S) groups is 1. The Balaban J connectivity index is 1.85. The average Bonchev–Trinajstić information content (AvgIpc) is 3.00. The van der Waals surface area contributed by atoms with Crippen molar-refractivity contribution in [2.45, 2.75) is 20.3 Å². The molecule has 5 nitrogen and oxygen atoms in total. The number of hydrazone groups is 1. The van der Waals surface area contributed by atoms with Gasteiger partial charge in [0, 0.05) is 18.2 Å². The van der Waals surface area contributed by atoms with Gasteiger partial charge in [0.05, 0.1) is 5.71 Å². The van der Waals surface area contributed by atoms with E-state index in [9.17, 15) is 5.11 Å². The molecule has 0 fully saturated rings. The molecule has 6 heteroatoms. The number of hydrogen-bond acceptors (Lipinski definition) is 4.